The number of carbonyl (C=O) groups is 2. The molecule has 0 atom stereocenters. The van der Waals surface area contributed by atoms with Gasteiger partial charge < -0.3 is 15.0 Å². The van der Waals surface area contributed by atoms with E-state index >= 15 is 0 Å². The van der Waals surface area contributed by atoms with Crippen molar-refractivity contribution in [2.45, 2.75) is 33.2 Å². The predicted molar refractivity (Wildman–Crippen MR) is 62.0 cm³/mol. The van der Waals surface area contributed by atoms with Crippen molar-refractivity contribution in [1.82, 2.24) is 10.2 Å². The highest BCUT2D eigenvalue weighted by molar-refractivity contribution is 5.82. The molecule has 0 heterocycles. The van der Waals surface area contributed by atoms with Crippen LogP contribution in [0.1, 0.15) is 27.2 Å². The molecule has 0 radical (unpaired) electrons. The Morgan fingerprint density at radius 3 is 2.44 bits per heavy atom. The zero-order chi connectivity index (χ0) is 12.6. The molecule has 0 aliphatic rings. The zero-order valence-electron chi connectivity index (χ0n) is 10.6. The van der Waals surface area contributed by atoms with E-state index in [-0.39, 0.29) is 24.5 Å². The van der Waals surface area contributed by atoms with Crippen LogP contribution in [0, 0.1) is 0 Å². The van der Waals surface area contributed by atoms with Crippen LogP contribution in [0.2, 0.25) is 0 Å². The molecule has 1 N–H and O–H groups in total. The van der Waals surface area contributed by atoms with E-state index in [0.717, 1.165) is 6.54 Å². The second-order valence-corrected chi connectivity index (χ2v) is 3.80. The molecule has 1 amide bonds. The van der Waals surface area contributed by atoms with Gasteiger partial charge in [-0.3, -0.25) is 9.59 Å². The van der Waals surface area contributed by atoms with Crippen molar-refractivity contribution in [3.63, 3.8) is 0 Å². The van der Waals surface area contributed by atoms with E-state index in [1.54, 1.807) is 0 Å². The monoisotopic (exact) mass is 230 g/mol. The summed E-state index contributed by atoms with van der Waals surface area (Å²) in [4.78, 5) is 24.4. The lowest BCUT2D eigenvalue weighted by Crippen LogP contribution is -2.42. The lowest BCUT2D eigenvalue weighted by molar-refractivity contribution is -0.148. The lowest BCUT2D eigenvalue weighted by Gasteiger charge is -2.25. The molecule has 0 rings (SSSR count). The summed E-state index contributed by atoms with van der Waals surface area (Å²) in [7, 11) is 1.32. The largest absolute Gasteiger partial charge is 0.468 e. The third kappa shape index (κ3) is 5.70. The highest BCUT2D eigenvalue weighted by Gasteiger charge is 2.19. The Hall–Kier alpha value is -1.10. The molecule has 0 saturated carbocycles. The molecule has 0 aromatic heterocycles. The van der Waals surface area contributed by atoms with Crippen LogP contribution in [0.3, 0.4) is 0 Å². The molecular formula is C11H22N2O3. The molecular weight excluding hydrogens is 208 g/mol. The average molecular weight is 230 g/mol. The highest BCUT2D eigenvalue weighted by atomic mass is 16.5. The van der Waals surface area contributed by atoms with E-state index in [4.69, 9.17) is 0 Å². The van der Waals surface area contributed by atoms with Gasteiger partial charge in [-0.2, -0.15) is 0 Å². The van der Waals surface area contributed by atoms with Crippen LogP contribution in [-0.2, 0) is 14.3 Å². The first-order valence-corrected chi connectivity index (χ1v) is 5.59. The number of esters is 1. The molecule has 5 heteroatoms. The Labute approximate surface area is 97.1 Å². The van der Waals surface area contributed by atoms with Gasteiger partial charge in [0.15, 0.2) is 0 Å². The van der Waals surface area contributed by atoms with Crippen molar-refractivity contribution >= 4 is 11.9 Å². The summed E-state index contributed by atoms with van der Waals surface area (Å²) >= 11 is 0. The van der Waals surface area contributed by atoms with Gasteiger partial charge in [0, 0.05) is 19.0 Å². The zero-order valence-corrected chi connectivity index (χ0v) is 10.6. The van der Waals surface area contributed by atoms with Crippen molar-refractivity contribution in [3.05, 3.63) is 0 Å². The first kappa shape index (κ1) is 14.9. The first-order chi connectivity index (χ1) is 7.52. The summed E-state index contributed by atoms with van der Waals surface area (Å²) in [5.74, 6) is -0.410. The van der Waals surface area contributed by atoms with Gasteiger partial charge in [-0.15, -0.1) is 0 Å². The predicted octanol–water partition coefficient (Wildman–Crippen LogP) is 0.396. The van der Waals surface area contributed by atoms with Crippen LogP contribution in [-0.4, -0.2) is 49.6 Å². The van der Waals surface area contributed by atoms with Crippen LogP contribution >= 0.6 is 0 Å². The fourth-order valence-corrected chi connectivity index (χ4v) is 1.28. The molecule has 0 bridgehead atoms. The smallest absolute Gasteiger partial charge is 0.325 e. The van der Waals surface area contributed by atoms with Crippen LogP contribution in [0.15, 0.2) is 0 Å². The molecule has 0 unspecified atom stereocenters. The minimum Gasteiger partial charge on any atom is -0.468 e. The fraction of sp³-hybridized carbons (Fsp3) is 0.818. The second-order valence-electron chi connectivity index (χ2n) is 3.80. The number of nitrogens with one attached hydrogen (secondary N) is 1. The van der Waals surface area contributed by atoms with Gasteiger partial charge in [0.25, 0.3) is 0 Å². The SMILES string of the molecule is CCNCCC(=O)N(CC(=O)OC)C(C)C. The van der Waals surface area contributed by atoms with Crippen LogP contribution in [0.5, 0.6) is 0 Å². The Kier molecular flexibility index (Phi) is 7.54. The molecule has 16 heavy (non-hydrogen) atoms. The molecule has 0 saturated heterocycles. The number of amides is 1. The third-order valence-electron chi connectivity index (χ3n) is 2.24. The topological polar surface area (TPSA) is 58.6 Å². The Morgan fingerprint density at radius 1 is 1.38 bits per heavy atom. The molecule has 5 nitrogen and oxygen atoms in total. The minimum atomic E-state index is -0.384. The van der Waals surface area contributed by atoms with Crippen molar-refractivity contribution in [2.75, 3.05) is 26.7 Å². The number of rotatable bonds is 7. The van der Waals surface area contributed by atoms with Gasteiger partial charge in [-0.25, -0.2) is 0 Å². The molecule has 0 fully saturated rings. The number of ether oxygens (including phenoxy) is 1. The van der Waals surface area contributed by atoms with Gasteiger partial charge in [0.2, 0.25) is 5.91 Å². The highest BCUT2D eigenvalue weighted by Crippen LogP contribution is 2.01. The Morgan fingerprint density at radius 2 is 2.00 bits per heavy atom. The van der Waals surface area contributed by atoms with Crippen molar-refractivity contribution in [2.24, 2.45) is 0 Å². The number of hydrogen-bond donors (Lipinski definition) is 1. The molecule has 0 aliphatic heterocycles. The molecule has 0 aromatic carbocycles. The quantitative estimate of drug-likeness (QED) is 0.508. The maximum atomic E-state index is 11.8. The van der Waals surface area contributed by atoms with Gasteiger partial charge in [0.1, 0.15) is 6.54 Å². The van der Waals surface area contributed by atoms with Crippen LogP contribution in [0.4, 0.5) is 0 Å². The van der Waals surface area contributed by atoms with Crippen molar-refractivity contribution in [3.8, 4) is 0 Å². The number of hydrogen-bond acceptors (Lipinski definition) is 4. The molecule has 0 spiro atoms. The first-order valence-electron chi connectivity index (χ1n) is 5.59. The molecule has 0 aromatic rings. The maximum absolute atomic E-state index is 11.8. The Balaban J connectivity index is 4.19. The molecule has 94 valence electrons. The van der Waals surface area contributed by atoms with E-state index in [1.165, 1.54) is 12.0 Å². The number of carbonyl (C=O) groups excluding carboxylic acids is 2. The van der Waals surface area contributed by atoms with E-state index in [2.05, 4.69) is 10.1 Å². The van der Waals surface area contributed by atoms with Crippen molar-refractivity contribution < 1.29 is 14.3 Å². The Bertz CT molecular complexity index is 229. The summed E-state index contributed by atoms with van der Waals surface area (Å²) in [6, 6.07) is 0.00762. The number of nitrogens with zero attached hydrogens (tertiary/aromatic N) is 1. The van der Waals surface area contributed by atoms with E-state index in [9.17, 15) is 9.59 Å². The van der Waals surface area contributed by atoms with Crippen LogP contribution in [0.25, 0.3) is 0 Å². The van der Waals surface area contributed by atoms with E-state index in [1.807, 2.05) is 20.8 Å². The van der Waals surface area contributed by atoms with Gasteiger partial charge in [-0.05, 0) is 20.4 Å². The lowest BCUT2D eigenvalue weighted by atomic mass is 10.2. The fourth-order valence-electron chi connectivity index (χ4n) is 1.28. The van der Waals surface area contributed by atoms with Crippen molar-refractivity contribution in [1.29, 1.82) is 0 Å². The summed E-state index contributed by atoms with van der Waals surface area (Å²) < 4.78 is 4.56. The standard InChI is InChI=1S/C11H22N2O3/c1-5-12-7-6-10(14)13(9(2)3)8-11(15)16-4/h9,12H,5-8H2,1-4H3. The number of methoxy groups -OCH3 is 1. The normalized spacial score (nSPS) is 10.3. The second kappa shape index (κ2) is 8.10. The van der Waals surface area contributed by atoms with E-state index < -0.39 is 0 Å². The van der Waals surface area contributed by atoms with Gasteiger partial charge in [0.05, 0.1) is 7.11 Å². The summed E-state index contributed by atoms with van der Waals surface area (Å²) in [5.41, 5.74) is 0. The molecule has 0 aliphatic carbocycles. The van der Waals surface area contributed by atoms with E-state index in [0.29, 0.717) is 13.0 Å². The van der Waals surface area contributed by atoms with Crippen LogP contribution < -0.4 is 5.32 Å². The van der Waals surface area contributed by atoms with Gasteiger partial charge >= 0.3 is 5.97 Å². The summed E-state index contributed by atoms with van der Waals surface area (Å²) in [6.45, 7) is 7.26. The average Bonchev–Trinajstić information content (AvgIpc) is 2.25. The summed E-state index contributed by atoms with van der Waals surface area (Å²) in [5, 5.41) is 3.08. The minimum absolute atomic E-state index is 0.00762. The van der Waals surface area contributed by atoms with Gasteiger partial charge in [-0.1, -0.05) is 6.92 Å². The third-order valence-corrected chi connectivity index (χ3v) is 2.24. The summed E-state index contributed by atoms with van der Waals surface area (Å²) in [6.07, 6.45) is 0.406. The maximum Gasteiger partial charge on any atom is 0.325 e.